The minimum atomic E-state index is 0.872. The Morgan fingerprint density at radius 3 is 2.00 bits per heavy atom. The standard InChI is InChI=1S/C14H30N2O/c1-3-4-5-6-7-8-15-9-11-16(12-10-15)13-14-17-2/h3-14H2,1-2H3. The van der Waals surface area contributed by atoms with E-state index in [1.54, 1.807) is 7.11 Å². The molecule has 0 saturated carbocycles. The summed E-state index contributed by atoms with van der Waals surface area (Å²) in [5.74, 6) is 0. The van der Waals surface area contributed by atoms with Crippen LogP contribution in [0.2, 0.25) is 0 Å². The molecule has 102 valence electrons. The minimum absolute atomic E-state index is 0.872. The van der Waals surface area contributed by atoms with Crippen molar-refractivity contribution in [1.82, 2.24) is 9.80 Å². The van der Waals surface area contributed by atoms with Crippen molar-refractivity contribution in [3.05, 3.63) is 0 Å². The van der Waals surface area contributed by atoms with Crippen molar-refractivity contribution in [3.63, 3.8) is 0 Å². The van der Waals surface area contributed by atoms with Gasteiger partial charge in [-0.05, 0) is 13.0 Å². The van der Waals surface area contributed by atoms with Crippen LogP contribution in [-0.2, 0) is 4.74 Å². The third-order valence-corrected chi connectivity index (χ3v) is 3.65. The van der Waals surface area contributed by atoms with Gasteiger partial charge in [0.05, 0.1) is 6.61 Å². The second-order valence-electron chi connectivity index (χ2n) is 5.09. The Balaban J connectivity index is 1.95. The fraction of sp³-hybridized carbons (Fsp3) is 1.00. The zero-order chi connectivity index (χ0) is 12.3. The number of unbranched alkanes of at least 4 members (excludes halogenated alkanes) is 4. The quantitative estimate of drug-likeness (QED) is 0.577. The largest absolute Gasteiger partial charge is 0.383 e. The van der Waals surface area contributed by atoms with E-state index in [4.69, 9.17) is 4.74 Å². The molecule has 1 saturated heterocycles. The summed E-state index contributed by atoms with van der Waals surface area (Å²) in [6, 6.07) is 0. The molecule has 0 aromatic rings. The van der Waals surface area contributed by atoms with Crippen molar-refractivity contribution in [2.75, 3.05) is 53.0 Å². The maximum atomic E-state index is 5.12. The van der Waals surface area contributed by atoms with Crippen molar-refractivity contribution in [2.24, 2.45) is 0 Å². The monoisotopic (exact) mass is 242 g/mol. The van der Waals surface area contributed by atoms with Gasteiger partial charge in [0.1, 0.15) is 0 Å². The van der Waals surface area contributed by atoms with E-state index in [1.807, 2.05) is 0 Å². The fourth-order valence-electron chi connectivity index (χ4n) is 2.40. The van der Waals surface area contributed by atoms with Gasteiger partial charge in [-0.25, -0.2) is 0 Å². The molecule has 1 fully saturated rings. The first-order chi connectivity index (χ1) is 8.36. The number of rotatable bonds is 9. The molecule has 0 radical (unpaired) electrons. The molecule has 0 aromatic heterocycles. The molecule has 3 nitrogen and oxygen atoms in total. The third kappa shape index (κ3) is 7.02. The molecule has 0 aromatic carbocycles. The van der Waals surface area contributed by atoms with Crippen LogP contribution in [0.1, 0.15) is 39.0 Å². The highest BCUT2D eigenvalue weighted by molar-refractivity contribution is 4.71. The molecule has 1 aliphatic rings. The summed E-state index contributed by atoms with van der Waals surface area (Å²) >= 11 is 0. The zero-order valence-electron chi connectivity index (χ0n) is 11.8. The molecule has 1 heterocycles. The number of methoxy groups -OCH3 is 1. The van der Waals surface area contributed by atoms with Gasteiger partial charge in [-0.1, -0.05) is 32.6 Å². The molecule has 3 heteroatoms. The molecule has 0 atom stereocenters. The topological polar surface area (TPSA) is 15.7 Å². The van der Waals surface area contributed by atoms with Crippen LogP contribution in [0, 0.1) is 0 Å². The maximum Gasteiger partial charge on any atom is 0.0589 e. The van der Waals surface area contributed by atoms with Crippen molar-refractivity contribution in [2.45, 2.75) is 39.0 Å². The van der Waals surface area contributed by atoms with Gasteiger partial charge in [0.25, 0.3) is 0 Å². The molecule has 0 spiro atoms. The predicted octanol–water partition coefficient (Wildman–Crippen LogP) is 2.22. The molecular weight excluding hydrogens is 212 g/mol. The van der Waals surface area contributed by atoms with Crippen LogP contribution >= 0.6 is 0 Å². The van der Waals surface area contributed by atoms with Gasteiger partial charge in [0, 0.05) is 39.8 Å². The number of hydrogen-bond acceptors (Lipinski definition) is 3. The summed E-state index contributed by atoms with van der Waals surface area (Å²) < 4.78 is 5.12. The van der Waals surface area contributed by atoms with E-state index in [1.165, 1.54) is 64.8 Å². The van der Waals surface area contributed by atoms with Crippen molar-refractivity contribution in [1.29, 1.82) is 0 Å². The van der Waals surface area contributed by atoms with Crippen LogP contribution in [0.15, 0.2) is 0 Å². The van der Waals surface area contributed by atoms with Gasteiger partial charge >= 0.3 is 0 Å². The van der Waals surface area contributed by atoms with Crippen LogP contribution in [0.4, 0.5) is 0 Å². The van der Waals surface area contributed by atoms with Crippen molar-refractivity contribution in [3.8, 4) is 0 Å². The Hall–Kier alpha value is -0.120. The number of hydrogen-bond donors (Lipinski definition) is 0. The Morgan fingerprint density at radius 2 is 1.41 bits per heavy atom. The zero-order valence-corrected chi connectivity index (χ0v) is 11.8. The molecule has 0 bridgehead atoms. The van der Waals surface area contributed by atoms with Gasteiger partial charge < -0.3 is 9.64 Å². The summed E-state index contributed by atoms with van der Waals surface area (Å²) in [5, 5.41) is 0. The van der Waals surface area contributed by atoms with Gasteiger partial charge in [0.2, 0.25) is 0 Å². The van der Waals surface area contributed by atoms with E-state index in [2.05, 4.69) is 16.7 Å². The van der Waals surface area contributed by atoms with Crippen LogP contribution in [0.25, 0.3) is 0 Å². The van der Waals surface area contributed by atoms with Crippen LogP contribution in [0.5, 0.6) is 0 Å². The predicted molar refractivity (Wildman–Crippen MR) is 73.5 cm³/mol. The van der Waals surface area contributed by atoms with Crippen molar-refractivity contribution < 1.29 is 4.74 Å². The molecule has 0 unspecified atom stereocenters. The number of nitrogens with zero attached hydrogens (tertiary/aromatic N) is 2. The first-order valence-corrected chi connectivity index (χ1v) is 7.30. The SMILES string of the molecule is CCCCCCCN1CCN(CCOC)CC1. The first-order valence-electron chi connectivity index (χ1n) is 7.30. The summed E-state index contributed by atoms with van der Waals surface area (Å²) in [7, 11) is 1.78. The summed E-state index contributed by atoms with van der Waals surface area (Å²) in [4.78, 5) is 5.13. The highest BCUT2D eigenvalue weighted by Gasteiger charge is 2.15. The van der Waals surface area contributed by atoms with Crippen LogP contribution in [0.3, 0.4) is 0 Å². The Morgan fingerprint density at radius 1 is 0.824 bits per heavy atom. The molecule has 0 N–H and O–H groups in total. The lowest BCUT2D eigenvalue weighted by molar-refractivity contribution is 0.0961. The Labute approximate surface area is 107 Å². The highest BCUT2D eigenvalue weighted by atomic mass is 16.5. The average Bonchev–Trinajstić information content (AvgIpc) is 2.37. The summed E-state index contributed by atoms with van der Waals surface area (Å²) in [6.07, 6.45) is 6.98. The lowest BCUT2D eigenvalue weighted by atomic mass is 10.1. The fourth-order valence-corrected chi connectivity index (χ4v) is 2.40. The molecule has 0 aliphatic carbocycles. The lowest BCUT2D eigenvalue weighted by Crippen LogP contribution is -2.47. The van der Waals surface area contributed by atoms with E-state index in [-0.39, 0.29) is 0 Å². The maximum absolute atomic E-state index is 5.12. The normalized spacial score (nSPS) is 18.7. The summed E-state index contributed by atoms with van der Waals surface area (Å²) in [6.45, 7) is 10.5. The van der Waals surface area contributed by atoms with Gasteiger partial charge in [-0.2, -0.15) is 0 Å². The van der Waals surface area contributed by atoms with E-state index >= 15 is 0 Å². The van der Waals surface area contributed by atoms with Crippen LogP contribution in [-0.4, -0.2) is 62.8 Å². The number of ether oxygens (including phenoxy) is 1. The third-order valence-electron chi connectivity index (χ3n) is 3.65. The molecule has 0 amide bonds. The second kappa shape index (κ2) is 9.86. The molecule has 1 aliphatic heterocycles. The highest BCUT2D eigenvalue weighted by Crippen LogP contribution is 2.06. The van der Waals surface area contributed by atoms with E-state index in [0.29, 0.717) is 0 Å². The van der Waals surface area contributed by atoms with E-state index < -0.39 is 0 Å². The minimum Gasteiger partial charge on any atom is -0.383 e. The smallest absolute Gasteiger partial charge is 0.0589 e. The van der Waals surface area contributed by atoms with Gasteiger partial charge in [-0.3, -0.25) is 4.90 Å². The first kappa shape index (κ1) is 14.9. The van der Waals surface area contributed by atoms with Gasteiger partial charge in [0.15, 0.2) is 0 Å². The van der Waals surface area contributed by atoms with E-state index in [9.17, 15) is 0 Å². The summed E-state index contributed by atoms with van der Waals surface area (Å²) in [5.41, 5.74) is 0. The average molecular weight is 242 g/mol. The van der Waals surface area contributed by atoms with Gasteiger partial charge in [-0.15, -0.1) is 0 Å². The molecular formula is C14H30N2O. The van der Waals surface area contributed by atoms with E-state index in [0.717, 1.165) is 13.2 Å². The molecule has 17 heavy (non-hydrogen) atoms. The Bertz CT molecular complexity index is 165. The molecule has 1 rings (SSSR count). The Kier molecular flexibility index (Phi) is 8.67. The van der Waals surface area contributed by atoms with Crippen LogP contribution < -0.4 is 0 Å². The second-order valence-corrected chi connectivity index (χ2v) is 5.09. The number of piperazine rings is 1. The van der Waals surface area contributed by atoms with Crippen molar-refractivity contribution >= 4 is 0 Å². The lowest BCUT2D eigenvalue weighted by Gasteiger charge is -2.34.